The van der Waals surface area contributed by atoms with E-state index < -0.39 is 24.2 Å². The first-order valence-electron chi connectivity index (χ1n) is 12.1. The van der Waals surface area contributed by atoms with E-state index in [1.54, 1.807) is 24.5 Å². The number of benzene rings is 1. The molecule has 9 heteroatoms. The molecule has 1 aromatic carbocycles. The van der Waals surface area contributed by atoms with Crippen LogP contribution in [-0.4, -0.2) is 32.3 Å². The summed E-state index contributed by atoms with van der Waals surface area (Å²) in [7, 11) is 0. The number of hydrogen-bond donors (Lipinski definition) is 3. The minimum atomic E-state index is -1.51. The number of hydrogen-bond acceptors (Lipinski definition) is 6. The van der Waals surface area contributed by atoms with Gasteiger partial charge in [-0.05, 0) is 48.9 Å². The fourth-order valence-electron chi connectivity index (χ4n) is 6.05. The molecule has 0 fully saturated rings. The molecule has 0 spiro atoms. The molecule has 3 aliphatic rings. The van der Waals surface area contributed by atoms with Crippen molar-refractivity contribution >= 4 is 16.8 Å². The van der Waals surface area contributed by atoms with Crippen molar-refractivity contribution in [2.45, 2.75) is 57.9 Å². The van der Waals surface area contributed by atoms with Crippen LogP contribution in [0.4, 0.5) is 4.39 Å². The Morgan fingerprint density at radius 3 is 2.86 bits per heavy atom. The lowest BCUT2D eigenvalue weighted by atomic mass is 9.81. The Bertz CT molecular complexity index is 1580. The van der Waals surface area contributed by atoms with Crippen molar-refractivity contribution in [2.24, 2.45) is 0 Å². The lowest BCUT2D eigenvalue weighted by Crippen LogP contribution is -2.38. The van der Waals surface area contributed by atoms with Gasteiger partial charge >= 0.3 is 0 Å². The number of nitrogens with one attached hydrogen (secondary N) is 1. The van der Waals surface area contributed by atoms with Gasteiger partial charge in [0.1, 0.15) is 30.4 Å². The Balaban J connectivity index is 1.66. The van der Waals surface area contributed by atoms with Gasteiger partial charge in [-0.3, -0.25) is 9.59 Å². The topological polar surface area (TPSA) is 114 Å². The van der Waals surface area contributed by atoms with Crippen LogP contribution in [0.3, 0.4) is 0 Å². The van der Waals surface area contributed by atoms with Crippen LogP contribution in [0.2, 0.25) is 0 Å². The number of halogens is 1. The first-order chi connectivity index (χ1) is 17.2. The van der Waals surface area contributed by atoms with E-state index in [9.17, 15) is 24.2 Å². The maximum atomic E-state index is 14.9. The van der Waals surface area contributed by atoms with Crippen molar-refractivity contribution in [2.75, 3.05) is 6.61 Å². The molecular formula is C27H26FN3O5. The molecule has 0 bridgehead atoms. The number of carbonyl (C=O) groups excluding carboxylic acids is 1. The molecule has 0 saturated heterocycles. The maximum Gasteiger partial charge on any atom is 0.258 e. The SMILES string of the molecule is C=C1OCc2c(cc3n(c2=O)Cc2c-3nc3cc(F)c(C)c4c3c2[C@@H](NC(=O)CO)CC4)[C@@]1(O)CC. The van der Waals surface area contributed by atoms with Crippen molar-refractivity contribution in [3.8, 4) is 11.4 Å². The number of aliphatic hydroxyl groups is 2. The number of aryl methyl sites for hydroxylation is 1. The second-order valence-electron chi connectivity index (χ2n) is 9.76. The highest BCUT2D eigenvalue weighted by Gasteiger charge is 2.42. The number of nitrogens with zero attached hydrogens (tertiary/aromatic N) is 2. The molecule has 1 aliphatic carbocycles. The van der Waals surface area contributed by atoms with Crippen LogP contribution in [0.25, 0.3) is 22.3 Å². The average molecular weight is 492 g/mol. The summed E-state index contributed by atoms with van der Waals surface area (Å²) in [6.45, 7) is 6.97. The minimum Gasteiger partial charge on any atom is -0.490 e. The van der Waals surface area contributed by atoms with Gasteiger partial charge in [-0.2, -0.15) is 0 Å². The van der Waals surface area contributed by atoms with Crippen LogP contribution >= 0.6 is 0 Å². The van der Waals surface area contributed by atoms with Crippen molar-refractivity contribution < 1.29 is 24.1 Å². The fraction of sp³-hybridized carbons (Fsp3) is 0.370. The van der Waals surface area contributed by atoms with E-state index in [4.69, 9.17) is 9.72 Å². The number of rotatable bonds is 3. The van der Waals surface area contributed by atoms with Gasteiger partial charge < -0.3 is 24.8 Å². The lowest BCUT2D eigenvalue weighted by Gasteiger charge is -2.35. The third-order valence-electron chi connectivity index (χ3n) is 8.02. The predicted molar refractivity (Wildman–Crippen MR) is 130 cm³/mol. The molecule has 0 unspecified atom stereocenters. The van der Waals surface area contributed by atoms with Crippen molar-refractivity contribution in [3.63, 3.8) is 0 Å². The number of carbonyl (C=O) groups is 1. The highest BCUT2D eigenvalue weighted by molar-refractivity contribution is 5.93. The molecule has 8 nitrogen and oxygen atoms in total. The third-order valence-corrected chi connectivity index (χ3v) is 8.02. The highest BCUT2D eigenvalue weighted by atomic mass is 19.1. The molecule has 36 heavy (non-hydrogen) atoms. The fourth-order valence-corrected chi connectivity index (χ4v) is 6.05. The van der Waals surface area contributed by atoms with Crippen LogP contribution < -0.4 is 10.9 Å². The van der Waals surface area contributed by atoms with Crippen molar-refractivity contribution in [1.29, 1.82) is 0 Å². The standard InChI is InChI=1S/C27H26FN3O5/c1-4-27(35)13(3)36-11-16-17(27)7-21-25-15(9-31(21)26(16)34)24-19(29-22(33)10-32)6-5-14-12(2)18(28)8-20(30-25)23(14)24/h7-8,19,32,35H,3-6,9-11H2,1-2H3,(H,29,33)/t19-,27+/m0/s1. The Morgan fingerprint density at radius 1 is 1.36 bits per heavy atom. The molecule has 3 N–H and O–H groups in total. The van der Waals surface area contributed by atoms with Gasteiger partial charge in [-0.1, -0.05) is 13.5 Å². The Labute approximate surface area is 206 Å². The Hall–Kier alpha value is -3.56. The van der Waals surface area contributed by atoms with Crippen molar-refractivity contribution in [3.05, 3.63) is 74.0 Å². The summed E-state index contributed by atoms with van der Waals surface area (Å²) in [4.78, 5) is 30.6. The zero-order chi connectivity index (χ0) is 25.5. The zero-order valence-corrected chi connectivity index (χ0v) is 20.1. The molecule has 6 rings (SSSR count). The zero-order valence-electron chi connectivity index (χ0n) is 20.1. The summed E-state index contributed by atoms with van der Waals surface area (Å²) < 4.78 is 22.1. The molecule has 2 aromatic heterocycles. The largest absolute Gasteiger partial charge is 0.490 e. The first kappa shape index (κ1) is 22.9. The number of fused-ring (bicyclic) bond motifs is 5. The lowest BCUT2D eigenvalue weighted by molar-refractivity contribution is -0.124. The normalized spacial score (nSPS) is 21.6. The molecule has 4 heterocycles. The third kappa shape index (κ3) is 2.90. The molecule has 2 aliphatic heterocycles. The van der Waals surface area contributed by atoms with E-state index in [1.807, 2.05) is 0 Å². The number of pyridine rings is 2. The van der Waals surface area contributed by atoms with E-state index >= 15 is 0 Å². The van der Waals surface area contributed by atoms with Gasteiger partial charge in [0.05, 0.1) is 35.1 Å². The first-order valence-corrected chi connectivity index (χ1v) is 12.1. The minimum absolute atomic E-state index is 0.0118. The molecular weight excluding hydrogens is 465 g/mol. The van der Waals surface area contributed by atoms with Crippen LogP contribution in [0, 0.1) is 12.7 Å². The Morgan fingerprint density at radius 2 is 2.14 bits per heavy atom. The number of aliphatic hydroxyl groups excluding tert-OH is 1. The predicted octanol–water partition coefficient (Wildman–Crippen LogP) is 2.61. The molecule has 0 radical (unpaired) electrons. The second kappa shape index (κ2) is 7.72. The number of aromatic nitrogens is 2. The van der Waals surface area contributed by atoms with Gasteiger partial charge in [0.25, 0.3) is 5.56 Å². The highest BCUT2D eigenvalue weighted by Crippen LogP contribution is 2.46. The molecule has 0 saturated carbocycles. The molecule has 1 amide bonds. The van der Waals surface area contributed by atoms with Gasteiger partial charge in [0.15, 0.2) is 0 Å². The van der Waals surface area contributed by atoms with Crippen LogP contribution in [-0.2, 0) is 34.7 Å². The molecule has 186 valence electrons. The summed E-state index contributed by atoms with van der Waals surface area (Å²) >= 11 is 0. The maximum absolute atomic E-state index is 14.9. The monoisotopic (exact) mass is 491 g/mol. The molecule has 3 aromatic rings. The number of ether oxygens (including phenoxy) is 1. The number of amides is 1. The summed E-state index contributed by atoms with van der Waals surface area (Å²) in [6.07, 6.45) is 1.35. The van der Waals surface area contributed by atoms with Crippen LogP contribution in [0.15, 0.2) is 29.3 Å². The van der Waals surface area contributed by atoms with Crippen molar-refractivity contribution in [1.82, 2.24) is 14.9 Å². The summed E-state index contributed by atoms with van der Waals surface area (Å²) in [5, 5.41) is 24.4. The second-order valence-corrected chi connectivity index (χ2v) is 9.76. The summed E-state index contributed by atoms with van der Waals surface area (Å²) in [6, 6.07) is 2.74. The quantitative estimate of drug-likeness (QED) is 0.406. The van der Waals surface area contributed by atoms with E-state index in [2.05, 4.69) is 11.9 Å². The average Bonchev–Trinajstić information content (AvgIpc) is 3.24. The van der Waals surface area contributed by atoms with Crippen LogP contribution in [0.1, 0.15) is 59.2 Å². The molecule has 2 atom stereocenters. The van der Waals surface area contributed by atoms with Gasteiger partial charge in [0, 0.05) is 22.6 Å². The van der Waals surface area contributed by atoms with Gasteiger partial charge in [-0.25, -0.2) is 9.37 Å². The smallest absolute Gasteiger partial charge is 0.258 e. The van der Waals surface area contributed by atoms with E-state index in [0.717, 1.165) is 22.1 Å². The summed E-state index contributed by atoms with van der Waals surface area (Å²) in [5.41, 5.74) is 3.47. The van der Waals surface area contributed by atoms with E-state index in [1.165, 1.54) is 6.07 Å². The van der Waals surface area contributed by atoms with Gasteiger partial charge in [0.2, 0.25) is 5.91 Å². The summed E-state index contributed by atoms with van der Waals surface area (Å²) in [5.74, 6) is -0.674. The van der Waals surface area contributed by atoms with E-state index in [0.29, 0.717) is 46.4 Å². The van der Waals surface area contributed by atoms with Crippen LogP contribution in [0.5, 0.6) is 0 Å². The van der Waals surface area contributed by atoms with Gasteiger partial charge in [-0.15, -0.1) is 0 Å². The Kier molecular flexibility index (Phi) is 4.90. The van der Waals surface area contributed by atoms with E-state index in [-0.39, 0.29) is 36.7 Å².